The van der Waals surface area contributed by atoms with E-state index in [1.807, 2.05) is 0 Å². The minimum absolute atomic E-state index is 0.0935. The molecule has 10 heteroatoms. The quantitative estimate of drug-likeness (QED) is 0.741. The molecule has 0 bridgehead atoms. The van der Waals surface area contributed by atoms with Crippen molar-refractivity contribution < 1.29 is 18.7 Å². The summed E-state index contributed by atoms with van der Waals surface area (Å²) in [6.45, 7) is -3.10. The van der Waals surface area contributed by atoms with Crippen molar-refractivity contribution in [3.05, 3.63) is 33.1 Å². The predicted octanol–water partition coefficient (Wildman–Crippen LogP) is 0.0940. The molecule has 1 aromatic heterocycles. The van der Waals surface area contributed by atoms with Crippen LogP contribution in [0.15, 0.2) is 21.9 Å². The summed E-state index contributed by atoms with van der Waals surface area (Å²) >= 11 is 4.71. The lowest BCUT2D eigenvalue weighted by Crippen LogP contribution is -2.31. The molecule has 1 aliphatic heterocycles. The maximum absolute atomic E-state index is 11.6. The Balaban J connectivity index is 1.97. The van der Waals surface area contributed by atoms with Crippen LogP contribution in [0.1, 0.15) is 19.1 Å². The second-order valence-corrected chi connectivity index (χ2v) is 7.20. The van der Waals surface area contributed by atoms with Crippen molar-refractivity contribution in [1.82, 2.24) is 9.55 Å². The van der Waals surface area contributed by atoms with E-state index in [9.17, 15) is 14.5 Å². The molecule has 0 radical (unpaired) electrons. The van der Waals surface area contributed by atoms with Crippen LogP contribution in [-0.4, -0.2) is 34.3 Å². The van der Waals surface area contributed by atoms with E-state index in [4.69, 9.17) is 21.1 Å². The van der Waals surface area contributed by atoms with Gasteiger partial charge < -0.3 is 18.7 Å². The Labute approximate surface area is 119 Å². The van der Waals surface area contributed by atoms with Crippen molar-refractivity contribution in [2.45, 2.75) is 25.2 Å². The smallest absolute Gasteiger partial charge is 0.330 e. The van der Waals surface area contributed by atoms with Gasteiger partial charge in [0.25, 0.3) is 5.56 Å². The van der Waals surface area contributed by atoms with Crippen molar-refractivity contribution in [2.75, 3.05) is 13.7 Å². The van der Waals surface area contributed by atoms with Gasteiger partial charge in [-0.15, -0.1) is 0 Å². The fraction of sp³-hybridized carbons (Fsp3) is 0.600. The Bertz CT molecular complexity index is 629. The zero-order chi connectivity index (χ0) is 14.8. The fourth-order valence-electron chi connectivity index (χ4n) is 1.90. The van der Waals surface area contributed by atoms with Crippen molar-refractivity contribution in [3.63, 3.8) is 0 Å². The van der Waals surface area contributed by atoms with Crippen LogP contribution in [0.3, 0.4) is 0 Å². The van der Waals surface area contributed by atoms with E-state index in [0.717, 1.165) is 0 Å². The lowest BCUT2D eigenvalue weighted by atomic mass is 10.2. The molecule has 1 saturated heterocycles. The molecule has 0 spiro atoms. The highest BCUT2D eigenvalue weighted by atomic mass is 32.5. The van der Waals surface area contributed by atoms with Crippen LogP contribution in [-0.2, 0) is 25.6 Å². The van der Waals surface area contributed by atoms with Crippen LogP contribution >= 0.6 is 6.72 Å². The molecule has 0 aliphatic carbocycles. The van der Waals surface area contributed by atoms with Gasteiger partial charge in [-0.2, -0.15) is 0 Å². The fourth-order valence-corrected chi connectivity index (χ4v) is 2.54. The molecule has 8 nitrogen and oxygen atoms in total. The Morgan fingerprint density at radius 2 is 2.35 bits per heavy atom. The maximum atomic E-state index is 11.6. The van der Waals surface area contributed by atoms with Crippen molar-refractivity contribution in [2.24, 2.45) is 0 Å². The van der Waals surface area contributed by atoms with Crippen molar-refractivity contribution in [3.8, 4) is 0 Å². The number of hydrogen-bond acceptors (Lipinski definition) is 6. The molecule has 112 valence electrons. The molecule has 1 fully saturated rings. The SMILES string of the molecule is COP(O)(=S)OCC1CCC(n2ccc(=O)[nH]c2=O)O1. The summed E-state index contributed by atoms with van der Waals surface area (Å²) in [6, 6.07) is 1.26. The van der Waals surface area contributed by atoms with Gasteiger partial charge in [0, 0.05) is 19.4 Å². The number of nitrogens with one attached hydrogen (secondary N) is 1. The zero-order valence-electron chi connectivity index (χ0n) is 10.7. The number of hydrogen-bond donors (Lipinski definition) is 2. The summed E-state index contributed by atoms with van der Waals surface area (Å²) in [5.74, 6) is 0. The standard InChI is InChI=1S/C10H15N2O6PS/c1-16-19(15,20)17-6-7-2-3-9(18-7)12-5-4-8(13)11-10(12)14/h4-5,7,9H,2-3,6H2,1H3,(H,15,20)(H,11,13,14). The number of H-pyrrole nitrogens is 1. The summed E-state index contributed by atoms with van der Waals surface area (Å²) in [5, 5.41) is 0. The molecule has 0 saturated carbocycles. The van der Waals surface area contributed by atoms with Gasteiger partial charge >= 0.3 is 12.4 Å². The topological polar surface area (TPSA) is 103 Å². The van der Waals surface area contributed by atoms with Gasteiger partial charge in [0.05, 0.1) is 12.7 Å². The third kappa shape index (κ3) is 3.85. The maximum Gasteiger partial charge on any atom is 0.330 e. The monoisotopic (exact) mass is 322 g/mol. The molecule has 3 atom stereocenters. The first-order valence-corrected chi connectivity index (χ1v) is 8.50. The highest BCUT2D eigenvalue weighted by Crippen LogP contribution is 2.43. The van der Waals surface area contributed by atoms with Gasteiger partial charge in [-0.05, 0) is 24.6 Å². The van der Waals surface area contributed by atoms with Crippen LogP contribution in [0, 0.1) is 0 Å². The van der Waals surface area contributed by atoms with E-state index >= 15 is 0 Å². The zero-order valence-corrected chi connectivity index (χ0v) is 12.4. The molecule has 3 unspecified atom stereocenters. The van der Waals surface area contributed by atoms with Crippen LogP contribution in [0.2, 0.25) is 0 Å². The lowest BCUT2D eigenvalue weighted by Gasteiger charge is -2.18. The van der Waals surface area contributed by atoms with E-state index in [1.54, 1.807) is 0 Å². The van der Waals surface area contributed by atoms with Crippen LogP contribution in [0.25, 0.3) is 0 Å². The molecule has 2 N–H and O–H groups in total. The third-order valence-corrected chi connectivity index (χ3v) is 4.60. The third-order valence-electron chi connectivity index (χ3n) is 2.90. The molecule has 1 aromatic rings. The number of aromatic amines is 1. The largest absolute Gasteiger partial charge is 0.352 e. The highest BCUT2D eigenvalue weighted by Gasteiger charge is 2.29. The summed E-state index contributed by atoms with van der Waals surface area (Å²) in [6.07, 6.45) is 1.88. The van der Waals surface area contributed by atoms with Gasteiger partial charge in [-0.25, -0.2) is 4.79 Å². The second kappa shape index (κ2) is 6.30. The molecule has 2 heterocycles. The molecular weight excluding hydrogens is 307 g/mol. The Kier molecular flexibility index (Phi) is 4.90. The number of aromatic nitrogens is 2. The molecule has 0 amide bonds. The summed E-state index contributed by atoms with van der Waals surface area (Å²) in [5.41, 5.74) is -0.974. The lowest BCUT2D eigenvalue weighted by molar-refractivity contribution is -0.0223. The Hall–Kier alpha value is -0.830. The van der Waals surface area contributed by atoms with Gasteiger partial charge in [0.1, 0.15) is 6.23 Å². The van der Waals surface area contributed by atoms with Gasteiger partial charge in [0.2, 0.25) is 0 Å². The minimum atomic E-state index is -3.20. The first-order chi connectivity index (χ1) is 9.41. The summed E-state index contributed by atoms with van der Waals surface area (Å²) in [4.78, 5) is 34.2. The van der Waals surface area contributed by atoms with E-state index in [0.29, 0.717) is 12.8 Å². The second-order valence-electron chi connectivity index (χ2n) is 4.25. The van der Waals surface area contributed by atoms with Crippen LogP contribution in [0.5, 0.6) is 0 Å². The average molecular weight is 322 g/mol. The first-order valence-electron chi connectivity index (χ1n) is 5.91. The molecule has 1 aliphatic rings. The highest BCUT2D eigenvalue weighted by molar-refractivity contribution is 8.07. The van der Waals surface area contributed by atoms with Gasteiger partial charge in [-0.3, -0.25) is 14.3 Å². The van der Waals surface area contributed by atoms with Crippen molar-refractivity contribution >= 4 is 18.5 Å². The normalized spacial score (nSPS) is 25.5. The van der Waals surface area contributed by atoms with Crippen LogP contribution in [0.4, 0.5) is 0 Å². The van der Waals surface area contributed by atoms with Gasteiger partial charge in [0.15, 0.2) is 0 Å². The summed E-state index contributed by atoms with van der Waals surface area (Å²) < 4.78 is 16.7. The number of ether oxygens (including phenoxy) is 1. The first kappa shape index (κ1) is 15.6. The number of rotatable bonds is 5. The molecule has 0 aromatic carbocycles. The van der Waals surface area contributed by atoms with Crippen LogP contribution < -0.4 is 11.2 Å². The molecule has 20 heavy (non-hydrogen) atoms. The van der Waals surface area contributed by atoms with E-state index in [2.05, 4.69) is 9.51 Å². The van der Waals surface area contributed by atoms with E-state index in [-0.39, 0.29) is 12.7 Å². The van der Waals surface area contributed by atoms with Gasteiger partial charge in [-0.1, -0.05) is 0 Å². The Morgan fingerprint density at radius 3 is 3.00 bits per heavy atom. The number of nitrogens with zero attached hydrogens (tertiary/aromatic N) is 1. The molecular formula is C10H15N2O6PS. The Morgan fingerprint density at radius 1 is 1.60 bits per heavy atom. The molecule has 2 rings (SSSR count). The minimum Gasteiger partial charge on any atom is -0.352 e. The predicted molar refractivity (Wildman–Crippen MR) is 73.9 cm³/mol. The average Bonchev–Trinajstić information content (AvgIpc) is 2.85. The summed E-state index contributed by atoms with van der Waals surface area (Å²) in [7, 11) is 1.28. The van der Waals surface area contributed by atoms with E-state index in [1.165, 1.54) is 23.9 Å². The van der Waals surface area contributed by atoms with E-state index < -0.39 is 24.2 Å². The van der Waals surface area contributed by atoms with Crippen molar-refractivity contribution in [1.29, 1.82) is 0 Å².